The van der Waals surface area contributed by atoms with E-state index in [1.165, 1.54) is 11.3 Å². The first kappa shape index (κ1) is 14.6. The summed E-state index contributed by atoms with van der Waals surface area (Å²) in [6.45, 7) is 3.06. The van der Waals surface area contributed by atoms with Crippen LogP contribution in [0.15, 0.2) is 48.8 Å². The van der Waals surface area contributed by atoms with Crippen molar-refractivity contribution in [3.05, 3.63) is 60.0 Å². The van der Waals surface area contributed by atoms with Gasteiger partial charge in [-0.1, -0.05) is 6.07 Å². The predicted octanol–water partition coefficient (Wildman–Crippen LogP) is 3.58. The lowest BCUT2D eigenvalue weighted by molar-refractivity contribution is 0.956. The molecule has 0 radical (unpaired) electrons. The van der Waals surface area contributed by atoms with E-state index >= 15 is 0 Å². The number of hydrogen-bond donors (Lipinski definition) is 1. The Morgan fingerprint density at radius 3 is 2.88 bits per heavy atom. The fourth-order valence-corrected chi connectivity index (χ4v) is 3.02. The normalized spacial score (nSPS) is 13.0. The molecule has 0 aliphatic carbocycles. The van der Waals surface area contributed by atoms with Gasteiger partial charge in [0.05, 0.1) is 0 Å². The molecule has 24 heavy (non-hydrogen) atoms. The number of anilines is 3. The number of pyridine rings is 1. The molecule has 5 nitrogen and oxygen atoms in total. The van der Waals surface area contributed by atoms with Crippen molar-refractivity contribution in [2.45, 2.75) is 13.3 Å². The van der Waals surface area contributed by atoms with Gasteiger partial charge in [0.1, 0.15) is 5.82 Å². The van der Waals surface area contributed by atoms with E-state index < -0.39 is 0 Å². The Morgan fingerprint density at radius 1 is 1.12 bits per heavy atom. The summed E-state index contributed by atoms with van der Waals surface area (Å²) in [4.78, 5) is 15.6. The zero-order valence-electron chi connectivity index (χ0n) is 13.8. The van der Waals surface area contributed by atoms with Crippen molar-refractivity contribution in [2.75, 3.05) is 23.8 Å². The molecule has 1 aliphatic rings. The molecule has 0 amide bonds. The highest BCUT2D eigenvalue weighted by Crippen LogP contribution is 2.30. The fourth-order valence-electron chi connectivity index (χ4n) is 3.02. The van der Waals surface area contributed by atoms with E-state index in [0.717, 1.165) is 35.7 Å². The van der Waals surface area contributed by atoms with Crippen LogP contribution in [0.2, 0.25) is 0 Å². The van der Waals surface area contributed by atoms with Gasteiger partial charge >= 0.3 is 0 Å². The number of rotatable bonds is 3. The van der Waals surface area contributed by atoms with Crippen LogP contribution in [0.3, 0.4) is 0 Å². The number of fused-ring (bicyclic) bond motifs is 1. The Kier molecular flexibility index (Phi) is 3.61. The van der Waals surface area contributed by atoms with Gasteiger partial charge in [0.2, 0.25) is 0 Å². The predicted molar refractivity (Wildman–Crippen MR) is 96.7 cm³/mol. The number of nitrogens with zero attached hydrogens (tertiary/aromatic N) is 4. The Morgan fingerprint density at radius 2 is 2.04 bits per heavy atom. The molecule has 1 aliphatic heterocycles. The Balaban J connectivity index is 1.66. The van der Waals surface area contributed by atoms with E-state index in [9.17, 15) is 0 Å². The van der Waals surface area contributed by atoms with Gasteiger partial charge in [0.15, 0.2) is 5.82 Å². The minimum atomic E-state index is 0.684. The van der Waals surface area contributed by atoms with Crippen LogP contribution in [0.5, 0.6) is 0 Å². The van der Waals surface area contributed by atoms with Crippen LogP contribution >= 0.6 is 0 Å². The van der Waals surface area contributed by atoms with Crippen LogP contribution in [0.25, 0.3) is 11.4 Å². The van der Waals surface area contributed by atoms with E-state index in [1.807, 2.05) is 25.1 Å². The van der Waals surface area contributed by atoms with Gasteiger partial charge in [0, 0.05) is 54.7 Å². The minimum Gasteiger partial charge on any atom is -0.374 e. The lowest BCUT2D eigenvalue weighted by Crippen LogP contribution is -2.12. The third-order valence-corrected chi connectivity index (χ3v) is 4.26. The molecule has 0 saturated heterocycles. The first-order chi connectivity index (χ1) is 11.7. The third-order valence-electron chi connectivity index (χ3n) is 4.26. The average molecular weight is 317 g/mol. The maximum atomic E-state index is 4.64. The molecule has 3 aromatic rings. The third kappa shape index (κ3) is 2.80. The van der Waals surface area contributed by atoms with Crippen molar-refractivity contribution < 1.29 is 0 Å². The molecule has 120 valence electrons. The molecule has 3 heterocycles. The largest absolute Gasteiger partial charge is 0.374 e. The van der Waals surface area contributed by atoms with E-state index in [2.05, 4.69) is 50.4 Å². The molecule has 0 atom stereocenters. The summed E-state index contributed by atoms with van der Waals surface area (Å²) in [6, 6.07) is 12.3. The van der Waals surface area contributed by atoms with Gasteiger partial charge in [-0.05, 0) is 43.2 Å². The first-order valence-electron chi connectivity index (χ1n) is 8.06. The van der Waals surface area contributed by atoms with Crippen LogP contribution in [0.4, 0.5) is 17.2 Å². The van der Waals surface area contributed by atoms with Crippen LogP contribution < -0.4 is 10.2 Å². The van der Waals surface area contributed by atoms with E-state index in [0.29, 0.717) is 5.82 Å². The maximum Gasteiger partial charge on any atom is 0.163 e. The van der Waals surface area contributed by atoms with Crippen LogP contribution in [-0.4, -0.2) is 28.5 Å². The average Bonchev–Trinajstić information content (AvgIpc) is 2.96. The summed E-state index contributed by atoms with van der Waals surface area (Å²) < 4.78 is 0. The quantitative estimate of drug-likeness (QED) is 0.800. The van der Waals surface area contributed by atoms with Gasteiger partial charge in [-0.25, -0.2) is 9.97 Å². The molecule has 1 aromatic carbocycles. The van der Waals surface area contributed by atoms with Crippen molar-refractivity contribution in [1.29, 1.82) is 0 Å². The molecule has 5 heteroatoms. The molecule has 4 rings (SSSR count). The molecule has 0 spiro atoms. The van der Waals surface area contributed by atoms with Gasteiger partial charge in [0.25, 0.3) is 0 Å². The highest BCUT2D eigenvalue weighted by molar-refractivity contribution is 5.69. The second kappa shape index (κ2) is 5.92. The van der Waals surface area contributed by atoms with Gasteiger partial charge in [-0.3, -0.25) is 4.98 Å². The number of nitrogens with one attached hydrogen (secondary N) is 1. The van der Waals surface area contributed by atoms with Gasteiger partial charge in [-0.2, -0.15) is 0 Å². The Hall–Kier alpha value is -2.95. The van der Waals surface area contributed by atoms with Crippen molar-refractivity contribution in [1.82, 2.24) is 15.0 Å². The van der Waals surface area contributed by atoms with Crippen molar-refractivity contribution >= 4 is 17.2 Å². The number of likely N-dealkylation sites (N-methyl/N-ethyl adjacent to an activating group) is 1. The number of benzene rings is 1. The molecular weight excluding hydrogens is 298 g/mol. The zero-order valence-corrected chi connectivity index (χ0v) is 13.8. The van der Waals surface area contributed by atoms with E-state index in [-0.39, 0.29) is 0 Å². The second-order valence-electron chi connectivity index (χ2n) is 6.10. The van der Waals surface area contributed by atoms with E-state index in [4.69, 9.17) is 0 Å². The summed E-state index contributed by atoms with van der Waals surface area (Å²) in [5.74, 6) is 1.48. The minimum absolute atomic E-state index is 0.684. The molecule has 0 saturated carbocycles. The van der Waals surface area contributed by atoms with Crippen molar-refractivity contribution in [3.63, 3.8) is 0 Å². The molecule has 0 unspecified atom stereocenters. The summed E-state index contributed by atoms with van der Waals surface area (Å²) >= 11 is 0. The van der Waals surface area contributed by atoms with Gasteiger partial charge in [-0.15, -0.1) is 0 Å². The molecule has 0 fully saturated rings. The summed E-state index contributed by atoms with van der Waals surface area (Å²) in [7, 11) is 2.13. The van der Waals surface area contributed by atoms with E-state index in [1.54, 1.807) is 12.4 Å². The standard InChI is InChI=1S/C19H19N5/c1-13-10-18(23-19(21-13)15-4-3-8-20-12-15)22-16-6-5-14-7-9-24(2)17(14)11-16/h3-6,8,10-12H,7,9H2,1-2H3,(H,21,22,23). The smallest absolute Gasteiger partial charge is 0.163 e. The highest BCUT2D eigenvalue weighted by Gasteiger charge is 2.16. The number of aromatic nitrogens is 3. The topological polar surface area (TPSA) is 53.9 Å². The lowest BCUT2D eigenvalue weighted by Gasteiger charge is -2.14. The number of hydrogen-bond acceptors (Lipinski definition) is 5. The van der Waals surface area contributed by atoms with Crippen LogP contribution in [0.1, 0.15) is 11.3 Å². The monoisotopic (exact) mass is 317 g/mol. The zero-order chi connectivity index (χ0) is 16.5. The Bertz CT molecular complexity index is 876. The molecule has 1 N–H and O–H groups in total. The fraction of sp³-hybridized carbons (Fsp3) is 0.211. The van der Waals surface area contributed by atoms with Crippen LogP contribution in [0, 0.1) is 6.92 Å². The maximum absolute atomic E-state index is 4.64. The lowest BCUT2D eigenvalue weighted by atomic mass is 10.1. The van der Waals surface area contributed by atoms with Crippen molar-refractivity contribution in [3.8, 4) is 11.4 Å². The SMILES string of the molecule is Cc1cc(Nc2ccc3c(c2)N(C)CC3)nc(-c2cccnc2)n1. The molecule has 0 bridgehead atoms. The molecular formula is C19H19N5. The molecule has 2 aromatic heterocycles. The number of aryl methyl sites for hydroxylation is 1. The van der Waals surface area contributed by atoms with Crippen molar-refractivity contribution in [2.24, 2.45) is 0 Å². The van der Waals surface area contributed by atoms with Crippen LogP contribution in [-0.2, 0) is 6.42 Å². The van der Waals surface area contributed by atoms with Gasteiger partial charge < -0.3 is 10.2 Å². The highest BCUT2D eigenvalue weighted by atomic mass is 15.1. The summed E-state index contributed by atoms with van der Waals surface area (Å²) in [5, 5.41) is 3.41. The second-order valence-corrected chi connectivity index (χ2v) is 6.10. The first-order valence-corrected chi connectivity index (χ1v) is 8.06. The summed E-state index contributed by atoms with van der Waals surface area (Å²) in [5.41, 5.74) is 5.57. The Labute approximate surface area is 141 Å². The summed E-state index contributed by atoms with van der Waals surface area (Å²) in [6.07, 6.45) is 4.65.